The Kier molecular flexibility index (Phi) is 4.11. The molecule has 30 heavy (non-hydrogen) atoms. The van der Waals surface area contributed by atoms with E-state index in [-0.39, 0.29) is 5.41 Å². The minimum Gasteiger partial charge on any atom is -0.313 e. The molecular weight excluding hydrogens is 362 g/mol. The molecular formula is C29H27N. The summed E-state index contributed by atoms with van der Waals surface area (Å²) >= 11 is 0. The molecule has 0 fully saturated rings. The Morgan fingerprint density at radius 1 is 0.867 bits per heavy atom. The second kappa shape index (κ2) is 6.60. The van der Waals surface area contributed by atoms with Crippen LogP contribution in [0.3, 0.4) is 0 Å². The zero-order chi connectivity index (χ0) is 21.0. The minimum atomic E-state index is -0.00710. The van der Waals surface area contributed by atoms with Gasteiger partial charge in [0.2, 0.25) is 0 Å². The molecule has 0 radical (unpaired) electrons. The van der Waals surface area contributed by atoms with Crippen LogP contribution in [0, 0.1) is 13.8 Å². The van der Waals surface area contributed by atoms with E-state index in [1.807, 2.05) is 12.2 Å². The van der Waals surface area contributed by atoms with Crippen molar-refractivity contribution in [1.82, 2.24) is 4.57 Å². The van der Waals surface area contributed by atoms with E-state index in [9.17, 15) is 0 Å². The molecule has 4 aromatic rings. The second-order valence-corrected chi connectivity index (χ2v) is 8.85. The number of nitrogens with zero attached hydrogens (tertiary/aromatic N) is 1. The summed E-state index contributed by atoms with van der Waals surface area (Å²) in [5, 5.41) is 1.29. The maximum atomic E-state index is 3.88. The summed E-state index contributed by atoms with van der Waals surface area (Å²) in [5.74, 6) is 0. The third-order valence-corrected chi connectivity index (χ3v) is 6.61. The summed E-state index contributed by atoms with van der Waals surface area (Å²) in [4.78, 5) is 0. The fourth-order valence-electron chi connectivity index (χ4n) is 5.11. The zero-order valence-corrected chi connectivity index (χ0v) is 18.2. The largest absolute Gasteiger partial charge is 0.313 e. The van der Waals surface area contributed by atoms with E-state index in [2.05, 4.69) is 106 Å². The van der Waals surface area contributed by atoms with Crippen molar-refractivity contribution in [2.24, 2.45) is 0 Å². The molecule has 1 heteroatoms. The molecule has 3 aromatic carbocycles. The van der Waals surface area contributed by atoms with E-state index in [4.69, 9.17) is 0 Å². The summed E-state index contributed by atoms with van der Waals surface area (Å²) < 4.78 is 2.41. The highest BCUT2D eigenvalue weighted by atomic mass is 15.0. The maximum Gasteiger partial charge on any atom is 0.0541 e. The van der Waals surface area contributed by atoms with Gasteiger partial charge < -0.3 is 4.57 Å². The topological polar surface area (TPSA) is 4.93 Å². The van der Waals surface area contributed by atoms with Crippen molar-refractivity contribution >= 4 is 17.0 Å². The molecule has 1 aliphatic rings. The normalized spacial score (nSPS) is 14.3. The van der Waals surface area contributed by atoms with E-state index in [1.54, 1.807) is 0 Å². The van der Waals surface area contributed by atoms with E-state index in [0.29, 0.717) is 0 Å². The first-order chi connectivity index (χ1) is 14.4. The lowest BCUT2D eigenvalue weighted by Crippen LogP contribution is -2.15. The lowest BCUT2D eigenvalue weighted by atomic mass is 9.82. The number of benzene rings is 3. The molecule has 5 rings (SSSR count). The van der Waals surface area contributed by atoms with Gasteiger partial charge in [-0.25, -0.2) is 0 Å². The first kappa shape index (κ1) is 18.7. The average molecular weight is 390 g/mol. The zero-order valence-electron chi connectivity index (χ0n) is 18.2. The molecule has 0 bridgehead atoms. The van der Waals surface area contributed by atoms with Gasteiger partial charge in [0.15, 0.2) is 0 Å². The third kappa shape index (κ3) is 2.55. The highest BCUT2D eigenvalue weighted by Gasteiger charge is 2.36. The van der Waals surface area contributed by atoms with Crippen LogP contribution >= 0.6 is 0 Å². The van der Waals surface area contributed by atoms with Gasteiger partial charge in [0.25, 0.3) is 0 Å². The molecule has 1 aromatic heterocycles. The SMILES string of the molecule is C=C/C=C\c1c(C)n(-c2cccc(C)c2)c2cc3c(cc12)-c1ccccc1C3(C)C. The first-order valence-electron chi connectivity index (χ1n) is 10.6. The van der Waals surface area contributed by atoms with Crippen molar-refractivity contribution < 1.29 is 0 Å². The Hall–Kier alpha value is -3.32. The number of allylic oxidation sites excluding steroid dienone is 2. The van der Waals surface area contributed by atoms with Crippen molar-refractivity contribution in [2.75, 3.05) is 0 Å². The van der Waals surface area contributed by atoms with Gasteiger partial charge in [-0.1, -0.05) is 75.1 Å². The van der Waals surface area contributed by atoms with Crippen LogP contribution in [-0.2, 0) is 5.41 Å². The van der Waals surface area contributed by atoms with Gasteiger partial charge in [0.05, 0.1) is 5.52 Å². The lowest BCUT2D eigenvalue weighted by molar-refractivity contribution is 0.661. The first-order valence-corrected chi connectivity index (χ1v) is 10.6. The summed E-state index contributed by atoms with van der Waals surface area (Å²) in [7, 11) is 0. The molecule has 1 aliphatic carbocycles. The number of rotatable bonds is 3. The number of hydrogen-bond donors (Lipinski definition) is 0. The van der Waals surface area contributed by atoms with Crippen molar-refractivity contribution in [3.63, 3.8) is 0 Å². The molecule has 1 heterocycles. The minimum absolute atomic E-state index is 0.00710. The van der Waals surface area contributed by atoms with Gasteiger partial charge in [0, 0.05) is 27.7 Å². The predicted octanol–water partition coefficient (Wildman–Crippen LogP) is 7.75. The number of aromatic nitrogens is 1. The van der Waals surface area contributed by atoms with Crippen molar-refractivity contribution in [2.45, 2.75) is 33.1 Å². The van der Waals surface area contributed by atoms with Crippen LogP contribution in [0.5, 0.6) is 0 Å². The maximum absolute atomic E-state index is 3.88. The van der Waals surface area contributed by atoms with Crippen molar-refractivity contribution in [3.05, 3.63) is 107 Å². The van der Waals surface area contributed by atoms with Crippen molar-refractivity contribution in [1.29, 1.82) is 0 Å². The molecule has 0 atom stereocenters. The van der Waals surface area contributed by atoms with Gasteiger partial charge in [-0.3, -0.25) is 0 Å². The lowest BCUT2D eigenvalue weighted by Gasteiger charge is -2.21. The Bertz CT molecular complexity index is 1340. The van der Waals surface area contributed by atoms with Crippen LogP contribution in [0.1, 0.15) is 41.8 Å². The summed E-state index contributed by atoms with van der Waals surface area (Å²) in [6, 6.07) is 22.4. The summed E-state index contributed by atoms with van der Waals surface area (Å²) in [6.07, 6.45) is 6.07. The number of hydrogen-bond acceptors (Lipinski definition) is 0. The average Bonchev–Trinajstić information content (AvgIpc) is 3.13. The summed E-state index contributed by atoms with van der Waals surface area (Å²) in [5.41, 5.74) is 11.8. The van der Waals surface area contributed by atoms with Gasteiger partial charge in [-0.2, -0.15) is 0 Å². The smallest absolute Gasteiger partial charge is 0.0541 e. The van der Waals surface area contributed by atoms with Crippen LogP contribution in [-0.4, -0.2) is 4.57 Å². The summed E-state index contributed by atoms with van der Waals surface area (Å²) in [6.45, 7) is 12.9. The van der Waals surface area contributed by atoms with Crippen LogP contribution in [0.25, 0.3) is 33.8 Å². The second-order valence-electron chi connectivity index (χ2n) is 8.85. The van der Waals surface area contributed by atoms with E-state index >= 15 is 0 Å². The molecule has 0 N–H and O–H groups in total. The van der Waals surface area contributed by atoms with Gasteiger partial charge in [-0.15, -0.1) is 0 Å². The molecule has 148 valence electrons. The fourth-order valence-corrected chi connectivity index (χ4v) is 5.11. The van der Waals surface area contributed by atoms with E-state index in [1.165, 1.54) is 55.7 Å². The van der Waals surface area contributed by atoms with E-state index in [0.717, 1.165) is 0 Å². The van der Waals surface area contributed by atoms with Crippen LogP contribution < -0.4 is 0 Å². The molecule has 0 spiro atoms. The Morgan fingerprint density at radius 3 is 2.43 bits per heavy atom. The predicted molar refractivity (Wildman–Crippen MR) is 130 cm³/mol. The van der Waals surface area contributed by atoms with Gasteiger partial charge in [-0.05, 0) is 65.9 Å². The highest BCUT2D eigenvalue weighted by Crippen LogP contribution is 2.50. The van der Waals surface area contributed by atoms with Crippen LogP contribution in [0.15, 0.2) is 79.4 Å². The number of fused-ring (bicyclic) bond motifs is 4. The van der Waals surface area contributed by atoms with E-state index < -0.39 is 0 Å². The third-order valence-electron chi connectivity index (χ3n) is 6.61. The molecule has 0 unspecified atom stereocenters. The molecule has 0 amide bonds. The molecule has 0 saturated heterocycles. The van der Waals surface area contributed by atoms with Crippen molar-refractivity contribution in [3.8, 4) is 16.8 Å². The van der Waals surface area contributed by atoms with Gasteiger partial charge >= 0.3 is 0 Å². The fraction of sp³-hybridized carbons (Fsp3) is 0.172. The quantitative estimate of drug-likeness (QED) is 0.316. The standard InChI is InChI=1S/C29H27N/c1-6-7-13-22-20(3)30(21-12-10-11-19(2)16-21)28-18-27-24(17-25(22)28)23-14-8-9-15-26(23)29(27,4)5/h6-18H,1H2,2-5H3/b13-7-. The monoisotopic (exact) mass is 389 g/mol. The van der Waals surface area contributed by atoms with Gasteiger partial charge in [0.1, 0.15) is 0 Å². The Morgan fingerprint density at radius 2 is 1.67 bits per heavy atom. The molecule has 0 aliphatic heterocycles. The molecule has 0 saturated carbocycles. The Balaban J connectivity index is 1.90. The van der Waals surface area contributed by atoms with Crippen LogP contribution in [0.4, 0.5) is 0 Å². The van der Waals surface area contributed by atoms with Crippen LogP contribution in [0.2, 0.25) is 0 Å². The Labute approximate surface area is 179 Å². The molecule has 1 nitrogen and oxygen atoms in total. The number of aryl methyl sites for hydroxylation is 1. The highest BCUT2D eigenvalue weighted by molar-refractivity contribution is 5.99.